The molecule has 0 unspecified atom stereocenters. The van der Waals surface area contributed by atoms with E-state index in [9.17, 15) is 0 Å². The molecule has 0 bridgehead atoms. The molecular formula is C17H29NO2. The first-order valence-corrected chi connectivity index (χ1v) is 7.70. The lowest BCUT2D eigenvalue weighted by atomic mass is 10.1. The summed E-state index contributed by atoms with van der Waals surface area (Å²) in [5.74, 6) is 1.00. The number of hydrogen-bond donors (Lipinski definition) is 1. The monoisotopic (exact) mass is 279 g/mol. The van der Waals surface area contributed by atoms with Gasteiger partial charge >= 0.3 is 0 Å². The van der Waals surface area contributed by atoms with Gasteiger partial charge in [0.1, 0.15) is 12.4 Å². The van der Waals surface area contributed by atoms with Crippen LogP contribution in [0.4, 0.5) is 0 Å². The zero-order valence-corrected chi connectivity index (χ0v) is 13.4. The Morgan fingerprint density at radius 2 is 1.70 bits per heavy atom. The predicted octanol–water partition coefficient (Wildman–Crippen LogP) is 3.61. The lowest BCUT2D eigenvalue weighted by Gasteiger charge is -2.14. The summed E-state index contributed by atoms with van der Waals surface area (Å²) in [5, 5.41) is 3.35. The number of aryl methyl sites for hydroxylation is 2. The van der Waals surface area contributed by atoms with Crippen LogP contribution in [-0.2, 0) is 11.3 Å². The summed E-state index contributed by atoms with van der Waals surface area (Å²) in [4.78, 5) is 0. The van der Waals surface area contributed by atoms with Crippen molar-refractivity contribution in [3.63, 3.8) is 0 Å². The lowest BCUT2D eigenvalue weighted by molar-refractivity contribution is 0.0976. The minimum Gasteiger partial charge on any atom is -0.491 e. The van der Waals surface area contributed by atoms with Crippen LogP contribution in [0.15, 0.2) is 12.1 Å². The van der Waals surface area contributed by atoms with Crippen molar-refractivity contribution >= 4 is 0 Å². The van der Waals surface area contributed by atoms with Gasteiger partial charge in [0, 0.05) is 13.2 Å². The minimum atomic E-state index is 0.623. The molecule has 0 aromatic heterocycles. The van der Waals surface area contributed by atoms with Gasteiger partial charge in [0.15, 0.2) is 0 Å². The molecule has 0 spiro atoms. The van der Waals surface area contributed by atoms with E-state index in [1.54, 1.807) is 0 Å². The molecule has 0 aliphatic carbocycles. The first-order chi connectivity index (χ1) is 9.69. The highest BCUT2D eigenvalue weighted by atomic mass is 16.5. The maximum atomic E-state index is 5.86. The van der Waals surface area contributed by atoms with Crippen LogP contribution in [0, 0.1) is 13.8 Å². The fraction of sp³-hybridized carbons (Fsp3) is 0.647. The molecule has 0 aliphatic rings. The van der Waals surface area contributed by atoms with Crippen LogP contribution in [0.25, 0.3) is 0 Å². The molecule has 0 aliphatic heterocycles. The van der Waals surface area contributed by atoms with Crippen molar-refractivity contribution in [1.29, 1.82) is 0 Å². The number of unbranched alkanes of at least 4 members (excludes halogenated alkanes) is 1. The third kappa shape index (κ3) is 5.93. The Labute approximate surface area is 123 Å². The third-order valence-corrected chi connectivity index (χ3v) is 3.22. The normalized spacial score (nSPS) is 10.8. The number of benzene rings is 1. The Hall–Kier alpha value is -1.06. The summed E-state index contributed by atoms with van der Waals surface area (Å²) >= 11 is 0. The summed E-state index contributed by atoms with van der Waals surface area (Å²) in [6.07, 6.45) is 2.30. The van der Waals surface area contributed by atoms with Crippen LogP contribution < -0.4 is 10.1 Å². The Bertz CT molecular complexity index is 368. The van der Waals surface area contributed by atoms with Crippen molar-refractivity contribution in [3.05, 3.63) is 28.8 Å². The summed E-state index contributed by atoms with van der Waals surface area (Å²) in [6.45, 7) is 12.5. The summed E-state index contributed by atoms with van der Waals surface area (Å²) in [5.41, 5.74) is 3.71. The van der Waals surface area contributed by atoms with Gasteiger partial charge in [0.2, 0.25) is 0 Å². The molecule has 0 atom stereocenters. The van der Waals surface area contributed by atoms with Gasteiger partial charge in [-0.3, -0.25) is 0 Å². The number of nitrogens with one attached hydrogen (secondary N) is 1. The van der Waals surface area contributed by atoms with Crippen LogP contribution in [0.3, 0.4) is 0 Å². The van der Waals surface area contributed by atoms with Crippen molar-refractivity contribution in [2.75, 3.05) is 26.4 Å². The Morgan fingerprint density at radius 1 is 1.00 bits per heavy atom. The van der Waals surface area contributed by atoms with E-state index in [0.717, 1.165) is 31.9 Å². The molecule has 0 fully saturated rings. The molecule has 0 heterocycles. The first kappa shape index (κ1) is 17.0. The molecule has 1 aromatic rings. The summed E-state index contributed by atoms with van der Waals surface area (Å²) in [7, 11) is 0. The predicted molar refractivity (Wildman–Crippen MR) is 84.5 cm³/mol. The Balaban J connectivity index is 2.45. The topological polar surface area (TPSA) is 30.5 Å². The highest BCUT2D eigenvalue weighted by molar-refractivity contribution is 5.43. The average Bonchev–Trinajstić information content (AvgIpc) is 2.42. The maximum Gasteiger partial charge on any atom is 0.125 e. The molecule has 3 heteroatoms. The molecule has 1 rings (SSSR count). The Kier molecular flexibility index (Phi) is 8.31. The van der Waals surface area contributed by atoms with Crippen LogP contribution in [-0.4, -0.2) is 26.4 Å². The number of rotatable bonds is 10. The average molecular weight is 279 g/mol. The van der Waals surface area contributed by atoms with Crippen LogP contribution in [0.5, 0.6) is 5.75 Å². The molecule has 20 heavy (non-hydrogen) atoms. The van der Waals surface area contributed by atoms with Gasteiger partial charge in [-0.15, -0.1) is 0 Å². The van der Waals surface area contributed by atoms with Gasteiger partial charge in [-0.2, -0.15) is 0 Å². The van der Waals surface area contributed by atoms with Crippen LogP contribution in [0.2, 0.25) is 0 Å². The largest absolute Gasteiger partial charge is 0.491 e. The number of ether oxygens (including phenoxy) is 2. The SMILES string of the molecule is CCCCOCCOc1c(C)cc(CNCC)cc1C. The molecule has 0 saturated heterocycles. The summed E-state index contributed by atoms with van der Waals surface area (Å²) in [6, 6.07) is 4.39. The highest BCUT2D eigenvalue weighted by Crippen LogP contribution is 2.24. The fourth-order valence-electron chi connectivity index (χ4n) is 2.19. The lowest BCUT2D eigenvalue weighted by Crippen LogP contribution is -2.13. The second kappa shape index (κ2) is 9.78. The molecule has 0 amide bonds. The fourth-order valence-corrected chi connectivity index (χ4v) is 2.19. The van der Waals surface area contributed by atoms with E-state index in [1.165, 1.54) is 23.1 Å². The van der Waals surface area contributed by atoms with E-state index in [2.05, 4.69) is 45.1 Å². The van der Waals surface area contributed by atoms with Crippen molar-refractivity contribution in [3.8, 4) is 5.75 Å². The maximum absolute atomic E-state index is 5.86. The molecule has 3 nitrogen and oxygen atoms in total. The smallest absolute Gasteiger partial charge is 0.125 e. The Morgan fingerprint density at radius 3 is 2.30 bits per heavy atom. The summed E-state index contributed by atoms with van der Waals surface area (Å²) < 4.78 is 11.4. The minimum absolute atomic E-state index is 0.623. The molecule has 1 N–H and O–H groups in total. The zero-order valence-electron chi connectivity index (χ0n) is 13.4. The van der Waals surface area contributed by atoms with Crippen LogP contribution >= 0.6 is 0 Å². The van der Waals surface area contributed by atoms with Gasteiger partial charge in [-0.05, 0) is 43.5 Å². The van der Waals surface area contributed by atoms with E-state index in [0.29, 0.717) is 13.2 Å². The second-order valence-electron chi connectivity index (χ2n) is 5.15. The van der Waals surface area contributed by atoms with E-state index in [4.69, 9.17) is 9.47 Å². The first-order valence-electron chi connectivity index (χ1n) is 7.70. The van der Waals surface area contributed by atoms with Crippen LogP contribution in [0.1, 0.15) is 43.4 Å². The van der Waals surface area contributed by atoms with Crippen molar-refractivity contribution in [2.24, 2.45) is 0 Å². The van der Waals surface area contributed by atoms with Gasteiger partial charge in [-0.1, -0.05) is 32.4 Å². The van der Waals surface area contributed by atoms with Gasteiger partial charge in [-0.25, -0.2) is 0 Å². The molecular weight excluding hydrogens is 250 g/mol. The van der Waals surface area contributed by atoms with E-state index in [-0.39, 0.29) is 0 Å². The standard InChI is InChI=1S/C17H29NO2/c1-5-7-8-19-9-10-20-17-14(3)11-16(12-15(17)4)13-18-6-2/h11-12,18H,5-10,13H2,1-4H3. The molecule has 0 saturated carbocycles. The number of hydrogen-bond acceptors (Lipinski definition) is 3. The van der Waals surface area contributed by atoms with E-state index in [1.807, 2.05) is 0 Å². The van der Waals surface area contributed by atoms with Crippen molar-refractivity contribution in [2.45, 2.75) is 47.1 Å². The van der Waals surface area contributed by atoms with Crippen molar-refractivity contribution < 1.29 is 9.47 Å². The van der Waals surface area contributed by atoms with E-state index >= 15 is 0 Å². The molecule has 114 valence electrons. The third-order valence-electron chi connectivity index (χ3n) is 3.22. The quantitative estimate of drug-likeness (QED) is 0.664. The van der Waals surface area contributed by atoms with Gasteiger partial charge < -0.3 is 14.8 Å². The van der Waals surface area contributed by atoms with Gasteiger partial charge in [0.05, 0.1) is 6.61 Å². The zero-order chi connectivity index (χ0) is 14.8. The van der Waals surface area contributed by atoms with Gasteiger partial charge in [0.25, 0.3) is 0 Å². The molecule has 0 radical (unpaired) electrons. The van der Waals surface area contributed by atoms with Crippen molar-refractivity contribution in [1.82, 2.24) is 5.32 Å². The highest BCUT2D eigenvalue weighted by Gasteiger charge is 2.06. The molecule has 1 aromatic carbocycles. The van der Waals surface area contributed by atoms with E-state index < -0.39 is 0 Å². The second-order valence-corrected chi connectivity index (χ2v) is 5.15.